The quantitative estimate of drug-likeness (QED) is 0.533. The zero-order chi connectivity index (χ0) is 15.1. The summed E-state index contributed by atoms with van der Waals surface area (Å²) in [7, 11) is 0. The van der Waals surface area contributed by atoms with Gasteiger partial charge in [-0.15, -0.1) is 17.9 Å². The second-order valence-electron chi connectivity index (χ2n) is 5.65. The third kappa shape index (κ3) is 4.67. The highest BCUT2D eigenvalue weighted by Crippen LogP contribution is 2.31. The monoisotopic (exact) mass is 303 g/mol. The van der Waals surface area contributed by atoms with Gasteiger partial charge in [0.05, 0.1) is 13.2 Å². The highest BCUT2D eigenvalue weighted by molar-refractivity contribution is 7.19. The molecule has 2 rings (SSSR count). The first-order chi connectivity index (χ1) is 10.2. The lowest BCUT2D eigenvalue weighted by Crippen LogP contribution is -2.19. The van der Waals surface area contributed by atoms with Gasteiger partial charge in [-0.2, -0.15) is 0 Å². The Morgan fingerprint density at radius 3 is 2.90 bits per heavy atom. The van der Waals surface area contributed by atoms with E-state index in [1.54, 1.807) is 0 Å². The zero-order valence-electron chi connectivity index (χ0n) is 13.0. The molecule has 114 valence electrons. The number of ether oxygens (including phenoxy) is 1. The zero-order valence-corrected chi connectivity index (χ0v) is 13.8. The normalized spacial score (nSPS) is 11.4. The molecule has 1 N–H and O–H groups in total. The molecule has 2 aromatic rings. The summed E-state index contributed by atoms with van der Waals surface area (Å²) in [4.78, 5) is 1.40. The van der Waals surface area contributed by atoms with Crippen molar-refractivity contribution in [3.05, 3.63) is 47.4 Å². The van der Waals surface area contributed by atoms with Crippen LogP contribution in [0, 0.1) is 5.92 Å². The van der Waals surface area contributed by atoms with Crippen LogP contribution >= 0.6 is 11.3 Å². The predicted octanol–water partition coefficient (Wildman–Crippen LogP) is 4.74. The average molecular weight is 303 g/mol. The van der Waals surface area contributed by atoms with Crippen molar-refractivity contribution in [2.75, 3.05) is 13.2 Å². The predicted molar refractivity (Wildman–Crippen MR) is 92.8 cm³/mol. The van der Waals surface area contributed by atoms with Crippen LogP contribution in [-0.2, 0) is 17.9 Å². The fourth-order valence-electron chi connectivity index (χ4n) is 2.27. The highest BCUT2D eigenvalue weighted by atomic mass is 32.1. The van der Waals surface area contributed by atoms with Crippen molar-refractivity contribution in [1.29, 1.82) is 0 Å². The molecule has 0 aliphatic heterocycles. The molecule has 0 spiro atoms. The van der Waals surface area contributed by atoms with Gasteiger partial charge in [0.25, 0.3) is 0 Å². The first-order valence-corrected chi connectivity index (χ1v) is 8.42. The maximum absolute atomic E-state index is 5.80. The lowest BCUT2D eigenvalue weighted by atomic mass is 10.1. The number of fused-ring (bicyclic) bond motifs is 1. The highest BCUT2D eigenvalue weighted by Gasteiger charge is 2.11. The van der Waals surface area contributed by atoms with Crippen molar-refractivity contribution in [3.8, 4) is 0 Å². The summed E-state index contributed by atoms with van der Waals surface area (Å²) in [6, 6.07) is 8.60. The molecule has 0 atom stereocenters. The van der Waals surface area contributed by atoms with E-state index in [0.717, 1.165) is 26.1 Å². The van der Waals surface area contributed by atoms with Crippen LogP contribution in [0.15, 0.2) is 36.9 Å². The van der Waals surface area contributed by atoms with Gasteiger partial charge < -0.3 is 10.1 Å². The molecule has 1 heterocycles. The van der Waals surface area contributed by atoms with E-state index in [-0.39, 0.29) is 0 Å². The van der Waals surface area contributed by atoms with E-state index in [9.17, 15) is 0 Å². The fourth-order valence-corrected chi connectivity index (χ4v) is 3.45. The lowest BCUT2D eigenvalue weighted by Gasteiger charge is -2.09. The first kappa shape index (κ1) is 16.2. The van der Waals surface area contributed by atoms with Crippen molar-refractivity contribution >= 4 is 21.4 Å². The van der Waals surface area contributed by atoms with E-state index in [1.165, 1.54) is 20.5 Å². The van der Waals surface area contributed by atoms with Crippen LogP contribution in [-0.4, -0.2) is 13.2 Å². The SMILES string of the molecule is C=CCCOCc1c(CNCC(C)C)sc2ccccc12. The Hall–Kier alpha value is -1.16. The molecule has 0 fully saturated rings. The van der Waals surface area contributed by atoms with Crippen LogP contribution in [0.3, 0.4) is 0 Å². The molecule has 0 amide bonds. The summed E-state index contributed by atoms with van der Waals surface area (Å²) in [6.07, 6.45) is 2.81. The molecule has 0 unspecified atom stereocenters. The molecule has 1 aromatic carbocycles. The topological polar surface area (TPSA) is 21.3 Å². The standard InChI is InChI=1S/C18H25NOS/c1-4-5-10-20-13-16-15-8-6-7-9-17(15)21-18(16)12-19-11-14(2)3/h4,6-9,14,19H,1,5,10-13H2,2-3H3. The molecule has 0 radical (unpaired) electrons. The van der Waals surface area contributed by atoms with Crippen LogP contribution < -0.4 is 5.32 Å². The minimum absolute atomic E-state index is 0.673. The Kier molecular flexibility index (Phi) is 6.43. The lowest BCUT2D eigenvalue weighted by molar-refractivity contribution is 0.126. The van der Waals surface area contributed by atoms with E-state index < -0.39 is 0 Å². The molecule has 2 nitrogen and oxygen atoms in total. The van der Waals surface area contributed by atoms with Crippen molar-refractivity contribution in [1.82, 2.24) is 5.32 Å². The average Bonchev–Trinajstić information content (AvgIpc) is 2.81. The van der Waals surface area contributed by atoms with E-state index >= 15 is 0 Å². The van der Waals surface area contributed by atoms with Gasteiger partial charge in [-0.25, -0.2) is 0 Å². The van der Waals surface area contributed by atoms with Crippen LogP contribution in [0.25, 0.3) is 10.1 Å². The maximum atomic E-state index is 5.80. The van der Waals surface area contributed by atoms with Crippen LogP contribution in [0.1, 0.15) is 30.7 Å². The van der Waals surface area contributed by atoms with Crippen molar-refractivity contribution in [2.24, 2.45) is 5.92 Å². The van der Waals surface area contributed by atoms with Gasteiger partial charge in [0.15, 0.2) is 0 Å². The number of nitrogens with one attached hydrogen (secondary N) is 1. The molecule has 3 heteroatoms. The molecule has 0 aliphatic carbocycles. The summed E-state index contributed by atoms with van der Waals surface area (Å²) in [6.45, 7) is 11.6. The Morgan fingerprint density at radius 2 is 2.14 bits per heavy atom. The summed E-state index contributed by atoms with van der Waals surface area (Å²) < 4.78 is 7.15. The second kappa shape index (κ2) is 8.32. The minimum atomic E-state index is 0.673. The molecule has 0 aliphatic rings. The Morgan fingerprint density at radius 1 is 1.33 bits per heavy atom. The summed E-state index contributed by atoms with van der Waals surface area (Å²) in [5, 5.41) is 4.88. The van der Waals surface area contributed by atoms with Crippen molar-refractivity contribution in [2.45, 2.75) is 33.4 Å². The van der Waals surface area contributed by atoms with Gasteiger partial charge in [0.2, 0.25) is 0 Å². The number of hydrogen-bond acceptors (Lipinski definition) is 3. The van der Waals surface area contributed by atoms with E-state index in [1.807, 2.05) is 17.4 Å². The van der Waals surface area contributed by atoms with E-state index in [0.29, 0.717) is 12.5 Å². The van der Waals surface area contributed by atoms with E-state index in [2.05, 4.69) is 50.0 Å². The third-order valence-corrected chi connectivity index (χ3v) is 4.55. The Labute approximate surface area is 131 Å². The molecular weight excluding hydrogens is 278 g/mol. The number of rotatable bonds is 9. The van der Waals surface area contributed by atoms with Crippen LogP contribution in [0.5, 0.6) is 0 Å². The van der Waals surface area contributed by atoms with Gasteiger partial charge >= 0.3 is 0 Å². The molecule has 0 saturated heterocycles. The third-order valence-electron chi connectivity index (χ3n) is 3.33. The van der Waals surface area contributed by atoms with Crippen LogP contribution in [0.2, 0.25) is 0 Å². The van der Waals surface area contributed by atoms with Gasteiger partial charge in [0, 0.05) is 21.7 Å². The molecule has 21 heavy (non-hydrogen) atoms. The minimum Gasteiger partial charge on any atom is -0.376 e. The molecular formula is C18H25NOS. The van der Waals surface area contributed by atoms with Gasteiger partial charge in [-0.05, 0) is 30.3 Å². The number of hydrogen-bond donors (Lipinski definition) is 1. The fraction of sp³-hybridized carbons (Fsp3) is 0.444. The number of thiophene rings is 1. The molecule has 0 bridgehead atoms. The summed E-state index contributed by atoms with van der Waals surface area (Å²) >= 11 is 1.88. The molecule has 0 saturated carbocycles. The number of benzene rings is 1. The maximum Gasteiger partial charge on any atom is 0.0734 e. The smallest absolute Gasteiger partial charge is 0.0734 e. The van der Waals surface area contributed by atoms with E-state index in [4.69, 9.17) is 4.74 Å². The Balaban J connectivity index is 2.11. The van der Waals surface area contributed by atoms with Crippen LogP contribution in [0.4, 0.5) is 0 Å². The first-order valence-electron chi connectivity index (χ1n) is 7.61. The molecule has 1 aromatic heterocycles. The largest absolute Gasteiger partial charge is 0.376 e. The summed E-state index contributed by atoms with van der Waals surface area (Å²) in [5.41, 5.74) is 1.34. The van der Waals surface area contributed by atoms with Gasteiger partial charge in [-0.1, -0.05) is 38.1 Å². The van der Waals surface area contributed by atoms with Gasteiger partial charge in [-0.3, -0.25) is 0 Å². The van der Waals surface area contributed by atoms with Crippen molar-refractivity contribution < 1.29 is 4.74 Å². The summed E-state index contributed by atoms with van der Waals surface area (Å²) in [5.74, 6) is 0.673. The second-order valence-corrected chi connectivity index (χ2v) is 6.79. The Bertz CT molecular complexity index is 574. The van der Waals surface area contributed by atoms with Crippen molar-refractivity contribution in [3.63, 3.8) is 0 Å². The van der Waals surface area contributed by atoms with Gasteiger partial charge in [0.1, 0.15) is 0 Å².